The SMILES string of the molecule is CO[P@@]1(=O)C[C@@H](OC(=O)c2ccccc2)[C@@H](O)[C@@H]1Br. The van der Waals surface area contributed by atoms with Crippen LogP contribution in [0.3, 0.4) is 0 Å². The summed E-state index contributed by atoms with van der Waals surface area (Å²) in [6.07, 6.45) is -1.86. The topological polar surface area (TPSA) is 72.8 Å². The van der Waals surface area contributed by atoms with Crippen LogP contribution in [0.25, 0.3) is 0 Å². The highest BCUT2D eigenvalue weighted by Crippen LogP contribution is 2.61. The highest BCUT2D eigenvalue weighted by molar-refractivity contribution is 9.10. The summed E-state index contributed by atoms with van der Waals surface area (Å²) in [5.74, 6) is -0.547. The van der Waals surface area contributed by atoms with E-state index in [2.05, 4.69) is 15.9 Å². The molecular weight excluding hydrogens is 335 g/mol. The van der Waals surface area contributed by atoms with Gasteiger partial charge in [-0.05, 0) is 12.1 Å². The number of hydrogen-bond acceptors (Lipinski definition) is 5. The van der Waals surface area contributed by atoms with Crippen LogP contribution in [0.15, 0.2) is 30.3 Å². The Bertz CT molecular complexity index is 506. The van der Waals surface area contributed by atoms with Crippen LogP contribution < -0.4 is 0 Å². The van der Waals surface area contributed by atoms with Gasteiger partial charge in [-0.25, -0.2) is 4.79 Å². The van der Waals surface area contributed by atoms with E-state index in [1.54, 1.807) is 30.3 Å². The van der Waals surface area contributed by atoms with Gasteiger partial charge in [0.15, 0.2) is 0 Å². The van der Waals surface area contributed by atoms with Crippen molar-refractivity contribution in [3.63, 3.8) is 0 Å². The fraction of sp³-hybridized carbons (Fsp3) is 0.417. The molecule has 0 aromatic heterocycles. The van der Waals surface area contributed by atoms with Crippen LogP contribution in [0.5, 0.6) is 0 Å². The van der Waals surface area contributed by atoms with Crippen molar-refractivity contribution in [2.24, 2.45) is 0 Å². The Hall–Kier alpha value is -0.680. The highest BCUT2D eigenvalue weighted by atomic mass is 79.9. The van der Waals surface area contributed by atoms with Gasteiger partial charge in [0.25, 0.3) is 0 Å². The van der Waals surface area contributed by atoms with E-state index in [0.717, 1.165) is 0 Å². The lowest BCUT2D eigenvalue weighted by Crippen LogP contribution is -2.31. The van der Waals surface area contributed by atoms with Crippen LogP contribution in [0.4, 0.5) is 0 Å². The van der Waals surface area contributed by atoms with E-state index in [0.29, 0.717) is 5.56 Å². The van der Waals surface area contributed by atoms with Gasteiger partial charge in [0.05, 0.1) is 11.7 Å². The van der Waals surface area contributed by atoms with E-state index < -0.39 is 30.1 Å². The number of hydrogen-bond donors (Lipinski definition) is 1. The molecule has 1 N–H and O–H groups in total. The second kappa shape index (κ2) is 5.75. The summed E-state index contributed by atoms with van der Waals surface area (Å²) in [6, 6.07) is 8.45. The van der Waals surface area contributed by atoms with Crippen LogP contribution >= 0.6 is 23.3 Å². The van der Waals surface area contributed by atoms with Gasteiger partial charge in [-0.3, -0.25) is 4.57 Å². The number of aliphatic hydroxyl groups excluding tert-OH is 1. The number of ether oxygens (including phenoxy) is 1. The molecule has 0 unspecified atom stereocenters. The number of carbonyl (C=O) groups excluding carboxylic acids is 1. The largest absolute Gasteiger partial charge is 0.455 e. The molecule has 1 fully saturated rings. The van der Waals surface area contributed by atoms with Crippen molar-refractivity contribution in [3.8, 4) is 0 Å². The molecule has 1 aliphatic rings. The second-order valence-corrected chi connectivity index (χ2v) is 8.70. The molecule has 0 amide bonds. The van der Waals surface area contributed by atoms with Crippen molar-refractivity contribution >= 4 is 29.3 Å². The number of esters is 1. The summed E-state index contributed by atoms with van der Waals surface area (Å²) < 4.78 is 21.7. The average molecular weight is 349 g/mol. The second-order valence-electron chi connectivity index (χ2n) is 4.26. The fourth-order valence-electron chi connectivity index (χ4n) is 1.93. The lowest BCUT2D eigenvalue weighted by molar-refractivity contribution is 0.000655. The standard InChI is InChI=1S/C12H14BrO5P/c1-17-19(16)7-9(10(14)11(19)13)18-12(15)8-5-3-2-4-6-8/h2-6,9-11,14H,7H2,1H3/t9-,10-,11-,19+/m1/s1. The monoisotopic (exact) mass is 348 g/mol. The number of benzene rings is 1. The molecule has 0 spiro atoms. The van der Waals surface area contributed by atoms with Crippen molar-refractivity contribution in [2.45, 2.75) is 16.8 Å². The predicted molar refractivity (Wildman–Crippen MR) is 73.8 cm³/mol. The van der Waals surface area contributed by atoms with Crippen LogP contribution in [0.2, 0.25) is 0 Å². The average Bonchev–Trinajstić information content (AvgIpc) is 2.65. The summed E-state index contributed by atoms with van der Waals surface area (Å²) in [5.41, 5.74) is 0.389. The number of rotatable bonds is 3. The Morgan fingerprint density at radius 3 is 2.58 bits per heavy atom. The number of aliphatic hydroxyl groups is 1. The van der Waals surface area contributed by atoms with Gasteiger partial charge >= 0.3 is 5.97 Å². The van der Waals surface area contributed by atoms with Gasteiger partial charge in [0.2, 0.25) is 7.37 Å². The summed E-state index contributed by atoms with van der Waals surface area (Å²) in [5, 5.41) is 9.94. The minimum atomic E-state index is -3.01. The van der Waals surface area contributed by atoms with Crippen molar-refractivity contribution in [3.05, 3.63) is 35.9 Å². The fourth-order valence-corrected chi connectivity index (χ4v) is 5.28. The maximum Gasteiger partial charge on any atom is 0.338 e. The first-order chi connectivity index (χ1) is 8.98. The molecule has 1 aromatic carbocycles. The first-order valence-corrected chi connectivity index (χ1v) is 8.50. The Kier molecular flexibility index (Phi) is 4.46. The van der Waals surface area contributed by atoms with Gasteiger partial charge in [0, 0.05) is 7.11 Å². The van der Waals surface area contributed by atoms with E-state index in [9.17, 15) is 14.5 Å². The van der Waals surface area contributed by atoms with Crippen molar-refractivity contribution in [1.29, 1.82) is 0 Å². The van der Waals surface area contributed by atoms with Crippen molar-refractivity contribution < 1.29 is 23.7 Å². The van der Waals surface area contributed by atoms with Gasteiger partial charge < -0.3 is 14.4 Å². The van der Waals surface area contributed by atoms with Gasteiger partial charge in [-0.15, -0.1) is 0 Å². The summed E-state index contributed by atoms with van der Waals surface area (Å²) in [4.78, 5) is 11.9. The Labute approximate surface area is 119 Å². The molecule has 104 valence electrons. The molecule has 2 rings (SSSR count). The number of alkyl halides is 1. The summed E-state index contributed by atoms with van der Waals surface area (Å²) in [6.45, 7) is 0. The Balaban J connectivity index is 2.09. The zero-order valence-electron chi connectivity index (χ0n) is 10.2. The third kappa shape index (κ3) is 2.92. The molecule has 4 atom stereocenters. The first-order valence-electron chi connectivity index (χ1n) is 5.70. The maximum atomic E-state index is 12.2. The van der Waals surface area contributed by atoms with Gasteiger partial charge in [0.1, 0.15) is 16.8 Å². The van der Waals surface area contributed by atoms with Crippen LogP contribution in [-0.4, -0.2) is 41.1 Å². The molecule has 5 nitrogen and oxygen atoms in total. The lowest BCUT2D eigenvalue weighted by atomic mass is 10.2. The quantitative estimate of drug-likeness (QED) is 0.515. The summed E-state index contributed by atoms with van der Waals surface area (Å²) >= 11 is 3.14. The first kappa shape index (κ1) is 14.7. The predicted octanol–water partition coefficient (Wildman–Crippen LogP) is 2.23. The molecule has 0 saturated carbocycles. The van der Waals surface area contributed by atoms with E-state index in [1.807, 2.05) is 0 Å². The van der Waals surface area contributed by atoms with Gasteiger partial charge in [-0.2, -0.15) is 0 Å². The Morgan fingerprint density at radius 2 is 2.05 bits per heavy atom. The smallest absolute Gasteiger partial charge is 0.338 e. The van der Waals surface area contributed by atoms with E-state index in [1.165, 1.54) is 7.11 Å². The van der Waals surface area contributed by atoms with E-state index in [4.69, 9.17) is 9.26 Å². The van der Waals surface area contributed by atoms with E-state index >= 15 is 0 Å². The summed E-state index contributed by atoms with van der Waals surface area (Å²) in [7, 11) is -1.69. The van der Waals surface area contributed by atoms with Crippen molar-refractivity contribution in [2.75, 3.05) is 13.3 Å². The van der Waals surface area contributed by atoms with Gasteiger partial charge in [-0.1, -0.05) is 34.1 Å². The number of halogens is 1. The normalized spacial score (nSPS) is 34.2. The minimum Gasteiger partial charge on any atom is -0.455 e. The highest BCUT2D eigenvalue weighted by Gasteiger charge is 2.51. The maximum absolute atomic E-state index is 12.2. The van der Waals surface area contributed by atoms with Crippen LogP contribution in [0, 0.1) is 0 Å². The van der Waals surface area contributed by atoms with Crippen molar-refractivity contribution in [1.82, 2.24) is 0 Å². The molecule has 1 aliphatic heterocycles. The zero-order chi connectivity index (χ0) is 14.0. The molecule has 19 heavy (non-hydrogen) atoms. The minimum absolute atomic E-state index is 0.0131. The zero-order valence-corrected chi connectivity index (χ0v) is 12.7. The third-order valence-corrected chi connectivity index (χ3v) is 8.01. The molecule has 1 heterocycles. The van der Waals surface area contributed by atoms with Crippen LogP contribution in [0.1, 0.15) is 10.4 Å². The molecule has 7 heteroatoms. The lowest BCUT2D eigenvalue weighted by Gasteiger charge is -2.15. The molecule has 1 saturated heterocycles. The number of carbonyl (C=O) groups is 1. The third-order valence-electron chi connectivity index (χ3n) is 3.05. The van der Waals surface area contributed by atoms with E-state index in [-0.39, 0.29) is 6.16 Å². The Morgan fingerprint density at radius 1 is 1.42 bits per heavy atom. The van der Waals surface area contributed by atoms with Crippen LogP contribution in [-0.2, 0) is 13.8 Å². The molecule has 1 aromatic rings. The molecule has 0 aliphatic carbocycles. The molecule has 0 radical (unpaired) electrons. The molecule has 0 bridgehead atoms. The molecular formula is C12H14BrO5P.